The number of piperidine rings is 1. The van der Waals surface area contributed by atoms with E-state index in [1.54, 1.807) is 0 Å². The summed E-state index contributed by atoms with van der Waals surface area (Å²) < 4.78 is 0. The number of rotatable bonds is 3. The highest BCUT2D eigenvalue weighted by molar-refractivity contribution is 5.79. The lowest BCUT2D eigenvalue weighted by Crippen LogP contribution is -2.45. The first kappa shape index (κ1) is 18.5. The van der Waals surface area contributed by atoms with Crippen molar-refractivity contribution in [1.82, 2.24) is 9.80 Å². The second kappa shape index (κ2) is 6.96. The second-order valence-electron chi connectivity index (χ2n) is 10.9. The van der Waals surface area contributed by atoms with Crippen molar-refractivity contribution in [2.24, 2.45) is 22.7 Å². The van der Waals surface area contributed by atoms with Gasteiger partial charge in [0.15, 0.2) is 0 Å². The molecule has 1 amide bonds. The average Bonchev–Trinajstić information content (AvgIpc) is 2.85. The molecule has 0 radical (unpaired) electrons. The van der Waals surface area contributed by atoms with Gasteiger partial charge in [0.25, 0.3) is 0 Å². The summed E-state index contributed by atoms with van der Waals surface area (Å²) in [5.41, 5.74) is 0.752. The van der Waals surface area contributed by atoms with Crippen molar-refractivity contribution in [3.63, 3.8) is 0 Å². The Labute approximate surface area is 160 Å². The van der Waals surface area contributed by atoms with Gasteiger partial charge in [-0.3, -0.25) is 4.79 Å². The monoisotopic (exact) mass is 358 g/mol. The minimum Gasteiger partial charge on any atom is -0.339 e. The first-order valence-electron chi connectivity index (χ1n) is 11.0. The number of carbonyl (C=O) groups is 1. The van der Waals surface area contributed by atoms with Crippen molar-refractivity contribution in [3.8, 4) is 0 Å². The summed E-state index contributed by atoms with van der Waals surface area (Å²) in [5, 5.41) is 0. The summed E-state index contributed by atoms with van der Waals surface area (Å²) in [6, 6.07) is 0.503. The molecule has 0 aromatic rings. The van der Waals surface area contributed by atoms with Gasteiger partial charge in [0.05, 0.1) is 0 Å². The van der Waals surface area contributed by atoms with Crippen molar-refractivity contribution in [2.75, 3.05) is 26.2 Å². The van der Waals surface area contributed by atoms with E-state index in [0.29, 0.717) is 22.8 Å². The highest BCUT2D eigenvalue weighted by Gasteiger charge is 2.51. The lowest BCUT2D eigenvalue weighted by Gasteiger charge is -2.40. The largest absolute Gasteiger partial charge is 0.339 e. The summed E-state index contributed by atoms with van der Waals surface area (Å²) in [6.45, 7) is 11.7. The predicted octanol–water partition coefficient (Wildman–Crippen LogP) is 4.48. The molecule has 2 aliphatic carbocycles. The van der Waals surface area contributed by atoms with Crippen LogP contribution in [0.5, 0.6) is 0 Å². The van der Waals surface area contributed by atoms with Crippen LogP contribution in [-0.4, -0.2) is 47.9 Å². The number of hydrogen-bond donors (Lipinski definition) is 0. The molecular formula is C23H38N2O. The second-order valence-corrected chi connectivity index (χ2v) is 10.9. The van der Waals surface area contributed by atoms with Crippen LogP contribution in [0.15, 0.2) is 12.2 Å². The van der Waals surface area contributed by atoms with Crippen LogP contribution >= 0.6 is 0 Å². The topological polar surface area (TPSA) is 23.6 Å². The van der Waals surface area contributed by atoms with Crippen molar-refractivity contribution in [1.29, 1.82) is 0 Å². The van der Waals surface area contributed by atoms with Gasteiger partial charge in [-0.05, 0) is 81.2 Å². The van der Waals surface area contributed by atoms with Gasteiger partial charge in [-0.1, -0.05) is 32.9 Å². The molecule has 0 N–H and O–H groups in total. The number of hydrogen-bond acceptors (Lipinski definition) is 2. The van der Waals surface area contributed by atoms with E-state index in [1.807, 2.05) is 0 Å². The van der Waals surface area contributed by atoms with E-state index in [2.05, 4.69) is 42.7 Å². The standard InChI is InChI=1S/C23H38N2O/c1-22(2)13-20-14-23(3,16-22)17-25(20)21(26)19-9-11-24(12-10-19)15-18-7-5-4-6-8-18/h4-5,18-20H,6-17H2,1-3H3/t18-,20+,23+/m1/s1. The Balaban J connectivity index is 1.31. The molecule has 0 unspecified atom stereocenters. The number of carbonyl (C=O) groups excluding carboxylic acids is 1. The number of amides is 1. The molecule has 3 heteroatoms. The molecule has 146 valence electrons. The van der Waals surface area contributed by atoms with Crippen LogP contribution in [0.25, 0.3) is 0 Å². The summed E-state index contributed by atoms with van der Waals surface area (Å²) in [5.74, 6) is 1.60. The van der Waals surface area contributed by atoms with E-state index in [1.165, 1.54) is 45.1 Å². The van der Waals surface area contributed by atoms with Gasteiger partial charge in [-0.15, -0.1) is 0 Å². The van der Waals surface area contributed by atoms with E-state index in [-0.39, 0.29) is 5.92 Å². The Morgan fingerprint density at radius 3 is 2.54 bits per heavy atom. The molecule has 4 rings (SSSR count). The zero-order valence-corrected chi connectivity index (χ0v) is 17.2. The number of allylic oxidation sites excluding steroid dienone is 2. The van der Waals surface area contributed by atoms with Gasteiger partial charge in [0.1, 0.15) is 0 Å². The molecule has 2 heterocycles. The van der Waals surface area contributed by atoms with Crippen LogP contribution in [0.3, 0.4) is 0 Å². The van der Waals surface area contributed by atoms with E-state index in [4.69, 9.17) is 0 Å². The van der Waals surface area contributed by atoms with Gasteiger partial charge < -0.3 is 9.80 Å². The molecule has 3 fully saturated rings. The van der Waals surface area contributed by atoms with Crippen molar-refractivity contribution in [3.05, 3.63) is 12.2 Å². The average molecular weight is 359 g/mol. The minimum absolute atomic E-state index is 0.281. The molecule has 0 aromatic carbocycles. The molecule has 2 saturated heterocycles. The number of likely N-dealkylation sites (tertiary alicyclic amines) is 2. The Bertz CT molecular complexity index is 561. The van der Waals surface area contributed by atoms with Gasteiger partial charge in [0, 0.05) is 25.0 Å². The quantitative estimate of drug-likeness (QED) is 0.694. The maximum absolute atomic E-state index is 13.3. The highest BCUT2D eigenvalue weighted by Crippen LogP contribution is 2.52. The molecule has 1 saturated carbocycles. The van der Waals surface area contributed by atoms with Crippen molar-refractivity contribution < 1.29 is 4.79 Å². The molecule has 0 aromatic heterocycles. The zero-order chi connectivity index (χ0) is 18.4. The Morgan fingerprint density at radius 1 is 1.08 bits per heavy atom. The summed E-state index contributed by atoms with van der Waals surface area (Å²) in [7, 11) is 0. The summed E-state index contributed by atoms with van der Waals surface area (Å²) >= 11 is 0. The van der Waals surface area contributed by atoms with Crippen molar-refractivity contribution in [2.45, 2.75) is 78.2 Å². The molecule has 2 aliphatic heterocycles. The normalized spacial score (nSPS) is 37.9. The van der Waals surface area contributed by atoms with E-state index in [9.17, 15) is 4.79 Å². The third-order valence-corrected chi connectivity index (χ3v) is 7.53. The van der Waals surface area contributed by atoms with Crippen LogP contribution in [0.1, 0.15) is 72.1 Å². The van der Waals surface area contributed by atoms with E-state index < -0.39 is 0 Å². The molecule has 3 nitrogen and oxygen atoms in total. The lowest BCUT2D eigenvalue weighted by atomic mass is 9.65. The number of fused-ring (bicyclic) bond motifs is 2. The summed E-state index contributed by atoms with van der Waals surface area (Å²) in [4.78, 5) is 18.2. The fraction of sp³-hybridized carbons (Fsp3) is 0.870. The predicted molar refractivity (Wildman–Crippen MR) is 107 cm³/mol. The van der Waals surface area contributed by atoms with E-state index >= 15 is 0 Å². The van der Waals surface area contributed by atoms with Crippen LogP contribution in [0.4, 0.5) is 0 Å². The van der Waals surface area contributed by atoms with Gasteiger partial charge in [-0.25, -0.2) is 0 Å². The molecule has 4 aliphatic rings. The number of nitrogens with zero attached hydrogens (tertiary/aromatic N) is 2. The summed E-state index contributed by atoms with van der Waals surface area (Å²) in [6.07, 6.45) is 14.4. The SMILES string of the molecule is CC1(C)C[C@H]2C[C@](C)(CN2C(=O)C2CCN(C[C@@H]3CC=CCC3)CC2)C1. The maximum Gasteiger partial charge on any atom is 0.226 e. The van der Waals surface area contributed by atoms with Gasteiger partial charge in [0.2, 0.25) is 5.91 Å². The lowest BCUT2D eigenvalue weighted by molar-refractivity contribution is -0.138. The van der Waals surface area contributed by atoms with E-state index in [0.717, 1.165) is 38.4 Å². The Morgan fingerprint density at radius 2 is 1.85 bits per heavy atom. The molecule has 26 heavy (non-hydrogen) atoms. The van der Waals surface area contributed by atoms with Crippen LogP contribution < -0.4 is 0 Å². The van der Waals surface area contributed by atoms with Crippen molar-refractivity contribution >= 4 is 5.91 Å². The maximum atomic E-state index is 13.3. The zero-order valence-electron chi connectivity index (χ0n) is 17.2. The first-order chi connectivity index (χ1) is 12.3. The highest BCUT2D eigenvalue weighted by atomic mass is 16.2. The third kappa shape index (κ3) is 3.88. The molecular weight excluding hydrogens is 320 g/mol. The third-order valence-electron chi connectivity index (χ3n) is 7.53. The van der Waals surface area contributed by atoms with Crippen LogP contribution in [0.2, 0.25) is 0 Å². The minimum atomic E-state index is 0.281. The fourth-order valence-corrected chi connectivity index (χ4v) is 6.70. The van der Waals surface area contributed by atoms with Crippen LogP contribution in [0, 0.1) is 22.7 Å². The van der Waals surface area contributed by atoms with Gasteiger partial charge >= 0.3 is 0 Å². The van der Waals surface area contributed by atoms with Crippen LogP contribution in [-0.2, 0) is 4.79 Å². The Hall–Kier alpha value is -0.830. The fourth-order valence-electron chi connectivity index (χ4n) is 6.70. The molecule has 3 atom stereocenters. The smallest absolute Gasteiger partial charge is 0.226 e. The Kier molecular flexibility index (Phi) is 4.96. The van der Waals surface area contributed by atoms with Gasteiger partial charge in [-0.2, -0.15) is 0 Å². The molecule has 2 bridgehead atoms. The molecule has 0 spiro atoms. The first-order valence-corrected chi connectivity index (χ1v) is 11.0.